The molecule has 0 bridgehead atoms. The topological polar surface area (TPSA) is 73.3 Å². The summed E-state index contributed by atoms with van der Waals surface area (Å²) in [5, 5.41) is 13.6. The molecule has 8 heteroatoms. The number of thioether (sulfide) groups is 1. The number of benzene rings is 3. The molecule has 0 radical (unpaired) electrons. The van der Waals surface area contributed by atoms with Crippen molar-refractivity contribution in [2.45, 2.75) is 17.2 Å². The second-order valence-corrected chi connectivity index (χ2v) is 8.59. The number of methoxy groups -OCH3 is 2. The molecule has 1 aromatic heterocycles. The fraction of sp³-hybridized carbons (Fsp3) is 0.160. The highest BCUT2D eigenvalue weighted by Crippen LogP contribution is 2.34. The fourth-order valence-corrected chi connectivity index (χ4v) is 4.23. The standard InChI is InChI=1S/C25H22FN3O3S/c1-15(24(30)27-18-12-19(31-2)14-20(13-18)32-3)33-25-22-7-5-4-6-21(22)23(28-29-25)16-8-10-17(26)11-9-16/h4-15H,1-3H3,(H,27,30). The molecule has 1 atom stereocenters. The number of halogens is 1. The van der Waals surface area contributed by atoms with Crippen molar-refractivity contribution in [1.29, 1.82) is 0 Å². The molecule has 4 aromatic rings. The van der Waals surface area contributed by atoms with Gasteiger partial charge in [-0.25, -0.2) is 4.39 Å². The quantitative estimate of drug-likeness (QED) is 0.361. The Morgan fingerprint density at radius 1 is 0.939 bits per heavy atom. The lowest BCUT2D eigenvalue weighted by atomic mass is 10.1. The maximum absolute atomic E-state index is 13.3. The fourth-order valence-electron chi connectivity index (χ4n) is 3.33. The number of amides is 1. The maximum atomic E-state index is 13.3. The molecule has 168 valence electrons. The number of hydrogen-bond donors (Lipinski definition) is 1. The minimum atomic E-state index is -0.448. The third kappa shape index (κ3) is 5.06. The SMILES string of the molecule is COc1cc(NC(=O)C(C)Sc2nnc(-c3ccc(F)cc3)c3ccccc23)cc(OC)c1. The minimum Gasteiger partial charge on any atom is -0.497 e. The van der Waals surface area contributed by atoms with Gasteiger partial charge in [0.2, 0.25) is 5.91 Å². The monoisotopic (exact) mass is 463 g/mol. The van der Waals surface area contributed by atoms with Crippen LogP contribution in [-0.2, 0) is 4.79 Å². The van der Waals surface area contributed by atoms with Crippen LogP contribution in [0.15, 0.2) is 71.8 Å². The van der Waals surface area contributed by atoms with E-state index in [1.54, 1.807) is 44.6 Å². The first-order chi connectivity index (χ1) is 16.0. The van der Waals surface area contributed by atoms with Crippen LogP contribution in [0.2, 0.25) is 0 Å². The summed E-state index contributed by atoms with van der Waals surface area (Å²) in [6.45, 7) is 1.81. The number of rotatable bonds is 7. The van der Waals surface area contributed by atoms with Crippen molar-refractivity contribution < 1.29 is 18.7 Å². The molecule has 1 N–H and O–H groups in total. The van der Waals surface area contributed by atoms with E-state index in [4.69, 9.17) is 9.47 Å². The molecule has 1 unspecified atom stereocenters. The van der Waals surface area contributed by atoms with E-state index in [1.807, 2.05) is 31.2 Å². The van der Waals surface area contributed by atoms with Gasteiger partial charge in [-0.1, -0.05) is 36.0 Å². The van der Waals surface area contributed by atoms with Gasteiger partial charge in [-0.2, -0.15) is 0 Å². The summed E-state index contributed by atoms with van der Waals surface area (Å²) in [5.41, 5.74) is 2.01. The molecular weight excluding hydrogens is 441 g/mol. The van der Waals surface area contributed by atoms with E-state index < -0.39 is 5.25 Å². The molecule has 0 saturated heterocycles. The first-order valence-electron chi connectivity index (χ1n) is 10.2. The Kier molecular flexibility index (Phi) is 6.74. The van der Waals surface area contributed by atoms with Gasteiger partial charge in [0.25, 0.3) is 0 Å². The Labute approximate surface area is 195 Å². The lowest BCUT2D eigenvalue weighted by molar-refractivity contribution is -0.115. The van der Waals surface area contributed by atoms with Crippen LogP contribution in [0, 0.1) is 5.82 Å². The molecule has 0 aliphatic rings. The number of aromatic nitrogens is 2. The third-order valence-electron chi connectivity index (χ3n) is 5.05. The lowest BCUT2D eigenvalue weighted by Crippen LogP contribution is -2.22. The maximum Gasteiger partial charge on any atom is 0.237 e. The van der Waals surface area contributed by atoms with Crippen LogP contribution >= 0.6 is 11.8 Å². The van der Waals surface area contributed by atoms with Crippen molar-refractivity contribution in [1.82, 2.24) is 10.2 Å². The first kappa shape index (κ1) is 22.5. The van der Waals surface area contributed by atoms with Gasteiger partial charge in [0.15, 0.2) is 0 Å². The molecule has 4 rings (SSSR count). The summed E-state index contributed by atoms with van der Waals surface area (Å²) in [4.78, 5) is 12.9. The summed E-state index contributed by atoms with van der Waals surface area (Å²) in [7, 11) is 3.11. The highest BCUT2D eigenvalue weighted by molar-refractivity contribution is 8.00. The van der Waals surface area contributed by atoms with E-state index in [2.05, 4.69) is 15.5 Å². The minimum absolute atomic E-state index is 0.191. The van der Waals surface area contributed by atoms with Gasteiger partial charge >= 0.3 is 0 Å². The average molecular weight is 464 g/mol. The molecule has 0 fully saturated rings. The predicted octanol–water partition coefficient (Wildman–Crippen LogP) is 5.57. The lowest BCUT2D eigenvalue weighted by Gasteiger charge is -2.15. The van der Waals surface area contributed by atoms with Crippen LogP contribution in [0.25, 0.3) is 22.0 Å². The van der Waals surface area contributed by atoms with E-state index in [-0.39, 0.29) is 11.7 Å². The van der Waals surface area contributed by atoms with Gasteiger partial charge in [0, 0.05) is 40.2 Å². The third-order valence-corrected chi connectivity index (χ3v) is 6.14. The summed E-state index contributed by atoms with van der Waals surface area (Å²) in [6, 6.07) is 19.1. The molecule has 0 aliphatic heterocycles. The Hall–Kier alpha value is -3.65. The molecular formula is C25H22FN3O3S. The van der Waals surface area contributed by atoms with Crippen molar-refractivity contribution >= 4 is 34.1 Å². The number of nitrogens with zero attached hydrogens (tertiary/aromatic N) is 2. The van der Waals surface area contributed by atoms with Crippen LogP contribution in [0.1, 0.15) is 6.92 Å². The molecule has 1 heterocycles. The number of nitrogens with one attached hydrogen (secondary N) is 1. The zero-order chi connectivity index (χ0) is 23.4. The Bertz CT molecular complexity index is 1280. The molecule has 3 aromatic carbocycles. The number of ether oxygens (including phenoxy) is 2. The van der Waals surface area contributed by atoms with Crippen LogP contribution in [0.4, 0.5) is 10.1 Å². The number of anilines is 1. The van der Waals surface area contributed by atoms with E-state index >= 15 is 0 Å². The molecule has 0 aliphatic carbocycles. The molecule has 0 spiro atoms. The van der Waals surface area contributed by atoms with Crippen LogP contribution < -0.4 is 14.8 Å². The highest BCUT2D eigenvalue weighted by Gasteiger charge is 2.19. The molecule has 1 amide bonds. The summed E-state index contributed by atoms with van der Waals surface area (Å²) < 4.78 is 23.9. The Balaban J connectivity index is 1.58. The number of carbonyl (C=O) groups excluding carboxylic acids is 1. The molecule has 0 saturated carbocycles. The van der Waals surface area contributed by atoms with Gasteiger partial charge < -0.3 is 14.8 Å². The van der Waals surface area contributed by atoms with Crippen molar-refractivity contribution in [3.05, 3.63) is 72.5 Å². The van der Waals surface area contributed by atoms with E-state index in [9.17, 15) is 9.18 Å². The summed E-state index contributed by atoms with van der Waals surface area (Å²) >= 11 is 1.32. The van der Waals surface area contributed by atoms with E-state index in [0.29, 0.717) is 27.9 Å². The summed E-state index contributed by atoms with van der Waals surface area (Å²) in [5.74, 6) is 0.664. The molecule has 33 heavy (non-hydrogen) atoms. The summed E-state index contributed by atoms with van der Waals surface area (Å²) in [6.07, 6.45) is 0. The van der Waals surface area contributed by atoms with Crippen LogP contribution in [-0.4, -0.2) is 35.6 Å². The second-order valence-electron chi connectivity index (χ2n) is 7.26. The van der Waals surface area contributed by atoms with Crippen LogP contribution in [0.5, 0.6) is 11.5 Å². The van der Waals surface area contributed by atoms with Crippen molar-refractivity contribution in [2.75, 3.05) is 19.5 Å². The van der Waals surface area contributed by atoms with Crippen molar-refractivity contribution in [2.24, 2.45) is 0 Å². The van der Waals surface area contributed by atoms with Gasteiger partial charge in [-0.05, 0) is 31.2 Å². The number of hydrogen-bond acceptors (Lipinski definition) is 6. The highest BCUT2D eigenvalue weighted by atomic mass is 32.2. The van der Waals surface area contributed by atoms with Gasteiger partial charge in [-0.15, -0.1) is 10.2 Å². The second kappa shape index (κ2) is 9.87. The predicted molar refractivity (Wildman–Crippen MR) is 128 cm³/mol. The van der Waals surface area contributed by atoms with Crippen LogP contribution in [0.3, 0.4) is 0 Å². The Morgan fingerprint density at radius 2 is 1.58 bits per heavy atom. The first-order valence-corrected chi connectivity index (χ1v) is 11.1. The van der Waals surface area contributed by atoms with Crippen molar-refractivity contribution in [3.63, 3.8) is 0 Å². The number of fused-ring (bicyclic) bond motifs is 1. The Morgan fingerprint density at radius 3 is 2.21 bits per heavy atom. The average Bonchev–Trinajstić information content (AvgIpc) is 2.84. The van der Waals surface area contributed by atoms with Gasteiger partial charge in [-0.3, -0.25) is 4.79 Å². The number of carbonyl (C=O) groups is 1. The van der Waals surface area contributed by atoms with Gasteiger partial charge in [0.05, 0.1) is 19.5 Å². The van der Waals surface area contributed by atoms with Crippen molar-refractivity contribution in [3.8, 4) is 22.8 Å². The zero-order valence-electron chi connectivity index (χ0n) is 18.3. The largest absolute Gasteiger partial charge is 0.497 e. The smallest absolute Gasteiger partial charge is 0.237 e. The molecule has 6 nitrogen and oxygen atoms in total. The van der Waals surface area contributed by atoms with E-state index in [1.165, 1.54) is 23.9 Å². The van der Waals surface area contributed by atoms with Gasteiger partial charge in [0.1, 0.15) is 28.0 Å². The zero-order valence-corrected chi connectivity index (χ0v) is 19.2. The van der Waals surface area contributed by atoms with E-state index in [0.717, 1.165) is 16.3 Å². The normalized spacial score (nSPS) is 11.8.